The topological polar surface area (TPSA) is 50.2 Å². The predicted molar refractivity (Wildman–Crippen MR) is 93.2 cm³/mol. The maximum absolute atomic E-state index is 12.9. The molecule has 1 aromatic heterocycles. The molecule has 3 nitrogen and oxygen atoms in total. The number of carboxylic acids is 1. The molecule has 1 heterocycles. The molecular formula is C20H16F3NO2. The monoisotopic (exact) mass is 359 g/mol. The van der Waals surface area contributed by atoms with Gasteiger partial charge in [0.25, 0.3) is 0 Å². The van der Waals surface area contributed by atoms with Crippen molar-refractivity contribution in [2.24, 2.45) is 0 Å². The Morgan fingerprint density at radius 3 is 2.23 bits per heavy atom. The number of fused-ring (bicyclic) bond motifs is 1. The highest BCUT2D eigenvalue weighted by Crippen LogP contribution is 2.33. The van der Waals surface area contributed by atoms with Crippen LogP contribution in [0, 0.1) is 0 Å². The number of benzene rings is 2. The summed E-state index contributed by atoms with van der Waals surface area (Å²) in [7, 11) is 0. The Morgan fingerprint density at radius 1 is 1.04 bits per heavy atom. The zero-order valence-electron chi connectivity index (χ0n) is 14.1. The number of hydrogen-bond acceptors (Lipinski definition) is 2. The summed E-state index contributed by atoms with van der Waals surface area (Å²) in [5.74, 6) is -0.944. The number of carboxylic acid groups (broad SMARTS) is 1. The molecule has 0 bridgehead atoms. The Balaban J connectivity index is 2.18. The largest absolute Gasteiger partial charge is 0.478 e. The average Bonchev–Trinajstić information content (AvgIpc) is 2.59. The third-order valence-electron chi connectivity index (χ3n) is 4.24. The molecule has 0 saturated carbocycles. The maximum Gasteiger partial charge on any atom is 0.416 e. The zero-order chi connectivity index (χ0) is 19.1. The SMILES string of the molecule is CC(C)c1ccc(-c2cc(C(=O)O)c3cc(C(F)(F)F)ccc3n2)cc1. The first-order valence-electron chi connectivity index (χ1n) is 8.02. The van der Waals surface area contributed by atoms with E-state index in [1.807, 2.05) is 24.3 Å². The fraction of sp³-hybridized carbons (Fsp3) is 0.200. The van der Waals surface area contributed by atoms with Gasteiger partial charge in [0.2, 0.25) is 0 Å². The highest BCUT2D eigenvalue weighted by atomic mass is 19.4. The molecule has 0 fully saturated rings. The first-order valence-corrected chi connectivity index (χ1v) is 8.02. The molecule has 6 heteroatoms. The van der Waals surface area contributed by atoms with Gasteiger partial charge in [-0.3, -0.25) is 0 Å². The molecule has 134 valence electrons. The van der Waals surface area contributed by atoms with Gasteiger partial charge < -0.3 is 5.11 Å². The third-order valence-corrected chi connectivity index (χ3v) is 4.24. The lowest BCUT2D eigenvalue weighted by Crippen LogP contribution is -2.06. The average molecular weight is 359 g/mol. The summed E-state index contributed by atoms with van der Waals surface area (Å²) in [5.41, 5.74) is 1.35. The Labute approximate surface area is 148 Å². The van der Waals surface area contributed by atoms with Crippen LogP contribution in [0.4, 0.5) is 13.2 Å². The molecule has 0 unspecified atom stereocenters. The standard InChI is InChI=1S/C20H16F3NO2/c1-11(2)12-3-5-13(6-4-12)18-10-16(19(25)26)15-9-14(20(21,22)23)7-8-17(15)24-18/h3-11H,1-2H3,(H,25,26). The summed E-state index contributed by atoms with van der Waals surface area (Å²) in [6.45, 7) is 4.12. The fourth-order valence-corrected chi connectivity index (χ4v) is 2.77. The van der Waals surface area contributed by atoms with Crippen molar-refractivity contribution in [1.29, 1.82) is 0 Å². The summed E-state index contributed by atoms with van der Waals surface area (Å²) in [6.07, 6.45) is -4.55. The number of hydrogen-bond donors (Lipinski definition) is 1. The van der Waals surface area contributed by atoms with Crippen LogP contribution >= 0.6 is 0 Å². The van der Waals surface area contributed by atoms with Gasteiger partial charge in [0, 0.05) is 10.9 Å². The van der Waals surface area contributed by atoms with Crippen LogP contribution in [-0.4, -0.2) is 16.1 Å². The minimum Gasteiger partial charge on any atom is -0.478 e. The van der Waals surface area contributed by atoms with E-state index in [4.69, 9.17) is 0 Å². The molecule has 0 saturated heterocycles. The molecule has 0 spiro atoms. The lowest BCUT2D eigenvalue weighted by atomic mass is 9.99. The summed E-state index contributed by atoms with van der Waals surface area (Å²) < 4.78 is 38.8. The van der Waals surface area contributed by atoms with Crippen molar-refractivity contribution in [3.8, 4) is 11.3 Å². The van der Waals surface area contributed by atoms with E-state index < -0.39 is 17.7 Å². The Kier molecular flexibility index (Phi) is 4.44. The van der Waals surface area contributed by atoms with E-state index >= 15 is 0 Å². The number of aromatic carboxylic acids is 1. The molecule has 0 radical (unpaired) electrons. The van der Waals surface area contributed by atoms with E-state index in [1.54, 1.807) is 0 Å². The van der Waals surface area contributed by atoms with Crippen LogP contribution < -0.4 is 0 Å². The molecule has 2 aromatic carbocycles. The van der Waals surface area contributed by atoms with Crippen LogP contribution in [0.3, 0.4) is 0 Å². The van der Waals surface area contributed by atoms with Crippen molar-refractivity contribution in [2.45, 2.75) is 25.9 Å². The molecule has 26 heavy (non-hydrogen) atoms. The normalized spacial score (nSPS) is 11.9. The van der Waals surface area contributed by atoms with E-state index in [1.165, 1.54) is 12.1 Å². The Hall–Kier alpha value is -2.89. The lowest BCUT2D eigenvalue weighted by molar-refractivity contribution is -0.137. The molecule has 0 aliphatic carbocycles. The number of nitrogens with zero attached hydrogens (tertiary/aromatic N) is 1. The second-order valence-corrected chi connectivity index (χ2v) is 6.37. The third kappa shape index (κ3) is 3.40. The summed E-state index contributed by atoms with van der Waals surface area (Å²) in [4.78, 5) is 15.9. The Bertz CT molecular complexity index is 977. The first-order chi connectivity index (χ1) is 12.2. The van der Waals surface area contributed by atoms with Crippen LogP contribution in [-0.2, 0) is 6.18 Å². The van der Waals surface area contributed by atoms with Crippen molar-refractivity contribution >= 4 is 16.9 Å². The van der Waals surface area contributed by atoms with Gasteiger partial charge in [-0.2, -0.15) is 13.2 Å². The van der Waals surface area contributed by atoms with Crippen molar-refractivity contribution in [3.63, 3.8) is 0 Å². The number of pyridine rings is 1. The van der Waals surface area contributed by atoms with Crippen LogP contribution in [0.2, 0.25) is 0 Å². The highest BCUT2D eigenvalue weighted by Gasteiger charge is 2.31. The minimum absolute atomic E-state index is 0.0325. The number of halogens is 3. The molecule has 3 rings (SSSR count). The van der Waals surface area contributed by atoms with Gasteiger partial charge in [-0.05, 0) is 35.7 Å². The fourth-order valence-electron chi connectivity index (χ4n) is 2.77. The van der Waals surface area contributed by atoms with Gasteiger partial charge in [0.15, 0.2) is 0 Å². The van der Waals surface area contributed by atoms with Crippen molar-refractivity contribution in [2.75, 3.05) is 0 Å². The van der Waals surface area contributed by atoms with Crippen molar-refractivity contribution in [3.05, 3.63) is 65.2 Å². The van der Waals surface area contributed by atoms with E-state index in [9.17, 15) is 23.1 Å². The molecule has 0 atom stereocenters. The highest BCUT2D eigenvalue weighted by molar-refractivity contribution is 6.04. The maximum atomic E-state index is 12.9. The molecule has 3 aromatic rings. The van der Waals surface area contributed by atoms with Crippen LogP contribution in [0.25, 0.3) is 22.2 Å². The van der Waals surface area contributed by atoms with Crippen LogP contribution in [0.1, 0.15) is 41.3 Å². The molecule has 0 aliphatic rings. The summed E-state index contributed by atoms with van der Waals surface area (Å²) >= 11 is 0. The quantitative estimate of drug-likeness (QED) is 0.648. The van der Waals surface area contributed by atoms with E-state index in [2.05, 4.69) is 18.8 Å². The van der Waals surface area contributed by atoms with E-state index in [0.717, 1.165) is 17.7 Å². The van der Waals surface area contributed by atoms with Gasteiger partial charge in [-0.15, -0.1) is 0 Å². The summed E-state index contributed by atoms with van der Waals surface area (Å²) in [6, 6.07) is 11.8. The zero-order valence-corrected chi connectivity index (χ0v) is 14.1. The minimum atomic E-state index is -4.55. The van der Waals surface area contributed by atoms with Gasteiger partial charge >= 0.3 is 12.1 Å². The van der Waals surface area contributed by atoms with Crippen molar-refractivity contribution in [1.82, 2.24) is 4.98 Å². The van der Waals surface area contributed by atoms with Gasteiger partial charge in [-0.25, -0.2) is 9.78 Å². The van der Waals surface area contributed by atoms with Gasteiger partial charge in [-0.1, -0.05) is 38.1 Å². The first kappa shape index (κ1) is 17.9. The Morgan fingerprint density at radius 2 is 1.69 bits per heavy atom. The second kappa shape index (κ2) is 6.44. The van der Waals surface area contributed by atoms with Crippen LogP contribution in [0.5, 0.6) is 0 Å². The lowest BCUT2D eigenvalue weighted by Gasteiger charge is -2.11. The van der Waals surface area contributed by atoms with E-state index in [-0.39, 0.29) is 16.5 Å². The number of rotatable bonds is 3. The van der Waals surface area contributed by atoms with Gasteiger partial charge in [0.1, 0.15) is 0 Å². The molecular weight excluding hydrogens is 343 g/mol. The number of alkyl halides is 3. The molecule has 1 N–H and O–H groups in total. The predicted octanol–water partition coefficient (Wildman–Crippen LogP) is 5.74. The van der Waals surface area contributed by atoms with Crippen LogP contribution in [0.15, 0.2) is 48.5 Å². The van der Waals surface area contributed by atoms with Crippen molar-refractivity contribution < 1.29 is 23.1 Å². The number of aromatic nitrogens is 1. The summed E-state index contributed by atoms with van der Waals surface area (Å²) in [5, 5.41) is 9.42. The number of carbonyl (C=O) groups is 1. The van der Waals surface area contributed by atoms with E-state index in [0.29, 0.717) is 17.2 Å². The molecule has 0 amide bonds. The smallest absolute Gasteiger partial charge is 0.416 e. The van der Waals surface area contributed by atoms with Gasteiger partial charge in [0.05, 0.1) is 22.3 Å². The second-order valence-electron chi connectivity index (χ2n) is 6.37. The molecule has 0 aliphatic heterocycles.